The molecule has 0 aliphatic rings. The van der Waals surface area contributed by atoms with E-state index in [1.807, 2.05) is 0 Å². The Kier molecular flexibility index (Phi) is 6.27. The summed E-state index contributed by atoms with van der Waals surface area (Å²) in [5.41, 5.74) is 0.722. The molecule has 0 bridgehead atoms. The van der Waals surface area contributed by atoms with Gasteiger partial charge in [0.05, 0.1) is 4.90 Å². The van der Waals surface area contributed by atoms with E-state index in [1.165, 1.54) is 0 Å². The van der Waals surface area contributed by atoms with Gasteiger partial charge < -0.3 is 5.32 Å². The largest absolute Gasteiger partial charge is 0.350 e. The second-order valence-corrected chi connectivity index (χ2v) is 6.75. The van der Waals surface area contributed by atoms with Crippen LogP contribution in [0.25, 0.3) is 0 Å². The smallest absolute Gasteiger partial charge is 0.262 e. The molecule has 6 nitrogen and oxygen atoms in total. The zero-order valence-corrected chi connectivity index (χ0v) is 13.9. The van der Waals surface area contributed by atoms with Crippen LogP contribution in [0.2, 0.25) is 5.02 Å². The lowest BCUT2D eigenvalue weighted by atomic mass is 10.2. The van der Waals surface area contributed by atoms with Gasteiger partial charge in [-0.2, -0.15) is 0 Å². The van der Waals surface area contributed by atoms with Crippen LogP contribution >= 0.6 is 11.6 Å². The second kappa shape index (κ2) is 8.20. The molecule has 9 heteroatoms. The maximum Gasteiger partial charge on any atom is 0.262 e. The van der Waals surface area contributed by atoms with Gasteiger partial charge in [0, 0.05) is 11.6 Å². The maximum absolute atomic E-state index is 12.8. The summed E-state index contributed by atoms with van der Waals surface area (Å²) in [6.45, 7) is -0.336. The molecule has 0 fully saturated rings. The molecule has 128 valence electrons. The van der Waals surface area contributed by atoms with Crippen LogP contribution in [-0.4, -0.2) is 20.9 Å². The Balaban J connectivity index is 1.80. The van der Waals surface area contributed by atoms with E-state index in [0.717, 1.165) is 29.8 Å². The fourth-order valence-corrected chi connectivity index (χ4v) is 2.73. The molecule has 2 aromatic rings. The van der Waals surface area contributed by atoms with Crippen LogP contribution in [0.5, 0.6) is 0 Å². The number of carbonyl (C=O) groups is 1. The van der Waals surface area contributed by atoms with Crippen LogP contribution in [0.4, 0.5) is 4.39 Å². The third-order valence-electron chi connectivity index (χ3n) is 2.93. The van der Waals surface area contributed by atoms with Gasteiger partial charge in [0.2, 0.25) is 5.91 Å². The summed E-state index contributed by atoms with van der Waals surface area (Å²) in [4.78, 5) is 17.9. The van der Waals surface area contributed by atoms with Crippen LogP contribution in [0, 0.1) is 5.82 Å². The molecule has 0 heterocycles. The molecule has 2 rings (SSSR count). The van der Waals surface area contributed by atoms with Gasteiger partial charge in [-0.25, -0.2) is 12.8 Å². The highest BCUT2D eigenvalue weighted by atomic mass is 35.5. The maximum atomic E-state index is 12.8. The molecular weight excluding hydrogens is 359 g/mol. The molecule has 1 amide bonds. The third kappa shape index (κ3) is 5.27. The number of nitrogens with one attached hydrogen (secondary N) is 2. The minimum Gasteiger partial charge on any atom is -0.350 e. The van der Waals surface area contributed by atoms with Crippen LogP contribution in [-0.2, 0) is 26.2 Å². The van der Waals surface area contributed by atoms with Gasteiger partial charge in [0.1, 0.15) is 12.4 Å². The van der Waals surface area contributed by atoms with Gasteiger partial charge in [-0.05, 0) is 35.9 Å². The number of carbonyl (C=O) groups excluding carboxylic acids is 1. The highest BCUT2D eigenvalue weighted by Crippen LogP contribution is 2.14. The van der Waals surface area contributed by atoms with E-state index in [-0.39, 0.29) is 11.4 Å². The predicted octanol–water partition coefficient (Wildman–Crippen LogP) is 2.01. The highest BCUT2D eigenvalue weighted by molar-refractivity contribution is 7.89. The average Bonchev–Trinajstić information content (AvgIpc) is 2.54. The minimum absolute atomic E-state index is 0.180. The lowest BCUT2D eigenvalue weighted by Crippen LogP contribution is -2.32. The Morgan fingerprint density at radius 2 is 1.79 bits per heavy atom. The zero-order chi connectivity index (χ0) is 17.6. The quantitative estimate of drug-likeness (QED) is 0.728. The zero-order valence-electron chi connectivity index (χ0n) is 12.3. The number of rotatable bonds is 7. The van der Waals surface area contributed by atoms with Crippen molar-refractivity contribution < 1.29 is 22.4 Å². The summed E-state index contributed by atoms with van der Waals surface area (Å²) in [5.74, 6) is -1.09. The molecule has 2 N–H and O–H groups in total. The molecule has 0 radical (unpaired) electrons. The fraction of sp³-hybridized carbons (Fsp3) is 0.133. The van der Waals surface area contributed by atoms with Gasteiger partial charge in [-0.1, -0.05) is 34.7 Å². The monoisotopic (exact) mass is 372 g/mol. The number of amides is 1. The van der Waals surface area contributed by atoms with Gasteiger partial charge in [-0.3, -0.25) is 9.63 Å². The Morgan fingerprint density at radius 1 is 1.12 bits per heavy atom. The second-order valence-electron chi connectivity index (χ2n) is 4.70. The normalized spacial score (nSPS) is 11.2. The van der Waals surface area contributed by atoms with E-state index in [2.05, 4.69) is 10.2 Å². The van der Waals surface area contributed by atoms with E-state index >= 15 is 0 Å². The van der Waals surface area contributed by atoms with E-state index in [1.54, 1.807) is 29.2 Å². The molecule has 0 saturated carbocycles. The van der Waals surface area contributed by atoms with Crippen molar-refractivity contribution in [2.24, 2.45) is 0 Å². The molecule has 0 spiro atoms. The number of hydrogen-bond donors (Lipinski definition) is 2. The predicted molar refractivity (Wildman–Crippen MR) is 86.0 cm³/mol. The highest BCUT2D eigenvalue weighted by Gasteiger charge is 2.15. The first-order valence-corrected chi connectivity index (χ1v) is 8.64. The number of benzene rings is 2. The summed E-state index contributed by atoms with van der Waals surface area (Å²) < 4.78 is 36.5. The first-order valence-electron chi connectivity index (χ1n) is 6.78. The molecule has 0 saturated heterocycles. The first-order chi connectivity index (χ1) is 11.4. The van der Waals surface area contributed by atoms with Gasteiger partial charge >= 0.3 is 0 Å². The number of sulfonamides is 1. The molecule has 2 aromatic carbocycles. The average molecular weight is 373 g/mol. The van der Waals surface area contributed by atoms with Gasteiger partial charge in [-0.15, -0.1) is 0 Å². The summed E-state index contributed by atoms with van der Waals surface area (Å²) in [6.07, 6.45) is 0. The first kappa shape index (κ1) is 18.3. The number of halogens is 2. The fourth-order valence-electron chi connectivity index (χ4n) is 1.72. The van der Waals surface area contributed by atoms with E-state index in [4.69, 9.17) is 11.6 Å². The van der Waals surface area contributed by atoms with E-state index in [0.29, 0.717) is 5.02 Å². The molecule has 24 heavy (non-hydrogen) atoms. The lowest BCUT2D eigenvalue weighted by Gasteiger charge is -2.09. The van der Waals surface area contributed by atoms with Crippen LogP contribution in [0.1, 0.15) is 5.56 Å². The molecule has 0 aliphatic carbocycles. The van der Waals surface area contributed by atoms with E-state index in [9.17, 15) is 17.6 Å². The van der Waals surface area contributed by atoms with Crippen molar-refractivity contribution >= 4 is 27.5 Å². The van der Waals surface area contributed by atoms with Crippen molar-refractivity contribution in [2.75, 3.05) is 6.61 Å². The topological polar surface area (TPSA) is 84.5 Å². The lowest BCUT2D eigenvalue weighted by molar-refractivity contribution is -0.126. The minimum atomic E-state index is -3.99. The van der Waals surface area contributed by atoms with Crippen molar-refractivity contribution in [3.8, 4) is 0 Å². The molecule has 0 atom stereocenters. The Labute approximate surface area is 143 Å². The molecule has 0 unspecified atom stereocenters. The summed E-state index contributed by atoms with van der Waals surface area (Å²) in [5, 5.41) is 3.05. The number of hydrogen-bond acceptors (Lipinski definition) is 4. The summed E-state index contributed by atoms with van der Waals surface area (Å²) in [6, 6.07) is 11.2. The third-order valence-corrected chi connectivity index (χ3v) is 4.53. The Morgan fingerprint density at radius 3 is 2.46 bits per heavy atom. The van der Waals surface area contributed by atoms with Gasteiger partial charge in [0.25, 0.3) is 10.0 Å². The Bertz CT molecular complexity index is 812. The van der Waals surface area contributed by atoms with Crippen molar-refractivity contribution in [2.45, 2.75) is 11.4 Å². The summed E-state index contributed by atoms with van der Waals surface area (Å²) >= 11 is 5.95. The van der Waals surface area contributed by atoms with Crippen LogP contribution in [0.15, 0.2) is 53.4 Å². The summed E-state index contributed by atoms with van der Waals surface area (Å²) in [7, 11) is -3.99. The van der Waals surface area contributed by atoms with E-state index < -0.39 is 28.4 Å². The van der Waals surface area contributed by atoms with Crippen LogP contribution in [0.3, 0.4) is 0 Å². The molecule has 0 aliphatic heterocycles. The Hall–Kier alpha value is -2.00. The van der Waals surface area contributed by atoms with Crippen molar-refractivity contribution in [1.82, 2.24) is 10.2 Å². The molecule has 0 aromatic heterocycles. The van der Waals surface area contributed by atoms with Crippen LogP contribution < -0.4 is 10.2 Å². The van der Waals surface area contributed by atoms with Crippen molar-refractivity contribution in [3.63, 3.8) is 0 Å². The van der Waals surface area contributed by atoms with Gasteiger partial charge in [0.15, 0.2) is 0 Å². The SMILES string of the molecule is O=C(CONS(=O)(=O)c1ccc(F)cc1)NCc1ccccc1Cl. The molecular formula is C15H14ClFN2O4S. The van der Waals surface area contributed by atoms with Crippen molar-refractivity contribution in [1.29, 1.82) is 0 Å². The van der Waals surface area contributed by atoms with Crippen molar-refractivity contribution in [3.05, 3.63) is 64.9 Å². The standard InChI is InChI=1S/C15H14ClFN2O4S/c16-14-4-2-1-3-11(14)9-18-15(20)10-23-19-24(21,22)13-7-5-12(17)6-8-13/h1-8,19H,9-10H2,(H,18,20).